The molecule has 0 aliphatic heterocycles. The Morgan fingerprint density at radius 3 is 2.43 bits per heavy atom. The van der Waals surface area contributed by atoms with Gasteiger partial charge in [-0.05, 0) is 40.2 Å². The molecule has 2 N–H and O–H groups in total. The van der Waals surface area contributed by atoms with Gasteiger partial charge in [-0.15, -0.1) is 11.3 Å². The zero-order chi connectivity index (χ0) is 15.5. The number of halogens is 1. The highest BCUT2D eigenvalue weighted by Gasteiger charge is 2.39. The highest BCUT2D eigenvalue weighted by atomic mass is 79.9. The first-order valence-electron chi connectivity index (χ1n) is 6.83. The van der Waals surface area contributed by atoms with Crippen molar-refractivity contribution < 1.29 is 18.3 Å². The minimum Gasteiger partial charge on any atom is -0.481 e. The van der Waals surface area contributed by atoms with Crippen LogP contribution in [-0.2, 0) is 14.8 Å². The smallest absolute Gasteiger partial charge is 0.310 e. The molecule has 1 heterocycles. The summed E-state index contributed by atoms with van der Waals surface area (Å²) in [6.07, 6.45) is 4.73. The fourth-order valence-electron chi connectivity index (χ4n) is 2.64. The fraction of sp³-hybridized carbons (Fsp3) is 0.615. The summed E-state index contributed by atoms with van der Waals surface area (Å²) >= 11 is 4.31. The van der Waals surface area contributed by atoms with Crippen molar-refractivity contribution >= 4 is 43.3 Å². The number of carbonyl (C=O) groups is 1. The van der Waals surface area contributed by atoms with Crippen LogP contribution in [0.15, 0.2) is 20.1 Å². The average molecular weight is 396 g/mol. The molecular weight excluding hydrogens is 378 g/mol. The predicted octanol–water partition coefficient (Wildman–Crippen LogP) is 3.21. The van der Waals surface area contributed by atoms with Crippen LogP contribution in [0, 0.1) is 5.41 Å². The summed E-state index contributed by atoms with van der Waals surface area (Å²) in [5, 5.41) is 11.2. The van der Waals surface area contributed by atoms with Crippen LogP contribution >= 0.6 is 27.3 Å². The van der Waals surface area contributed by atoms with E-state index in [0.717, 1.165) is 37.0 Å². The van der Waals surface area contributed by atoms with E-state index in [9.17, 15) is 18.3 Å². The van der Waals surface area contributed by atoms with Crippen molar-refractivity contribution in [1.82, 2.24) is 4.72 Å². The first kappa shape index (κ1) is 16.9. The van der Waals surface area contributed by atoms with E-state index in [4.69, 9.17) is 0 Å². The van der Waals surface area contributed by atoms with Crippen LogP contribution in [0.1, 0.15) is 38.5 Å². The number of carboxylic acids is 1. The van der Waals surface area contributed by atoms with Crippen molar-refractivity contribution in [1.29, 1.82) is 0 Å². The molecular formula is C13H18BrNO4S2. The van der Waals surface area contributed by atoms with Gasteiger partial charge < -0.3 is 5.11 Å². The average Bonchev–Trinajstić information content (AvgIpc) is 2.73. The van der Waals surface area contributed by atoms with E-state index in [0.29, 0.717) is 17.3 Å². The Balaban J connectivity index is 2.15. The molecule has 21 heavy (non-hydrogen) atoms. The van der Waals surface area contributed by atoms with Gasteiger partial charge >= 0.3 is 5.97 Å². The number of hydrogen-bond acceptors (Lipinski definition) is 4. The monoisotopic (exact) mass is 395 g/mol. The predicted molar refractivity (Wildman–Crippen MR) is 85.0 cm³/mol. The lowest BCUT2D eigenvalue weighted by Crippen LogP contribution is -2.42. The molecule has 0 radical (unpaired) electrons. The zero-order valence-electron chi connectivity index (χ0n) is 11.5. The summed E-state index contributed by atoms with van der Waals surface area (Å²) in [5.74, 6) is -0.905. The van der Waals surface area contributed by atoms with Gasteiger partial charge in [-0.3, -0.25) is 4.79 Å². The van der Waals surface area contributed by atoms with Gasteiger partial charge in [0.1, 0.15) is 4.21 Å². The molecule has 1 aliphatic rings. The summed E-state index contributed by atoms with van der Waals surface area (Å²) in [6.45, 7) is -0.0466. The van der Waals surface area contributed by atoms with Crippen molar-refractivity contribution in [2.75, 3.05) is 6.54 Å². The fourth-order valence-corrected chi connectivity index (χ4v) is 6.15. The van der Waals surface area contributed by atoms with Crippen molar-refractivity contribution in [2.24, 2.45) is 5.41 Å². The van der Waals surface area contributed by atoms with Gasteiger partial charge in [-0.2, -0.15) is 0 Å². The largest absolute Gasteiger partial charge is 0.481 e. The van der Waals surface area contributed by atoms with E-state index in [1.165, 1.54) is 0 Å². The first-order chi connectivity index (χ1) is 9.87. The summed E-state index contributed by atoms with van der Waals surface area (Å²) < 4.78 is 27.8. The molecule has 1 aromatic rings. The Kier molecular flexibility index (Phi) is 5.45. The summed E-state index contributed by atoms with van der Waals surface area (Å²) in [5.41, 5.74) is -0.979. The third-order valence-electron chi connectivity index (χ3n) is 3.94. The van der Waals surface area contributed by atoms with Crippen LogP contribution in [0.25, 0.3) is 0 Å². The van der Waals surface area contributed by atoms with E-state index >= 15 is 0 Å². The number of nitrogens with one attached hydrogen (secondary N) is 1. The normalized spacial score (nSPS) is 19.1. The lowest BCUT2D eigenvalue weighted by Gasteiger charge is -2.28. The Morgan fingerprint density at radius 1 is 1.33 bits per heavy atom. The van der Waals surface area contributed by atoms with Crippen LogP contribution in [0.3, 0.4) is 0 Å². The van der Waals surface area contributed by atoms with Crippen molar-refractivity contribution in [3.05, 3.63) is 15.9 Å². The highest BCUT2D eigenvalue weighted by Crippen LogP contribution is 2.36. The van der Waals surface area contributed by atoms with Crippen molar-refractivity contribution in [3.8, 4) is 0 Å². The molecule has 1 saturated carbocycles. The second-order valence-electron chi connectivity index (χ2n) is 5.38. The lowest BCUT2D eigenvalue weighted by molar-refractivity contribution is -0.149. The minimum absolute atomic E-state index is 0.0466. The molecule has 0 amide bonds. The maximum absolute atomic E-state index is 12.3. The maximum atomic E-state index is 12.3. The van der Waals surface area contributed by atoms with Crippen molar-refractivity contribution in [2.45, 2.75) is 42.7 Å². The van der Waals surface area contributed by atoms with Crippen LogP contribution in [0.5, 0.6) is 0 Å². The topological polar surface area (TPSA) is 83.5 Å². The second-order valence-corrected chi connectivity index (χ2v) is 9.11. The molecule has 0 saturated heterocycles. The molecule has 1 fully saturated rings. The SMILES string of the molecule is O=C(O)C1(CNS(=O)(=O)c2sccc2Br)CCCCCC1. The van der Waals surface area contributed by atoms with Gasteiger partial charge in [0.05, 0.1) is 5.41 Å². The van der Waals surface area contributed by atoms with E-state index in [2.05, 4.69) is 20.7 Å². The lowest BCUT2D eigenvalue weighted by atomic mass is 9.80. The quantitative estimate of drug-likeness (QED) is 0.749. The number of sulfonamides is 1. The van der Waals surface area contributed by atoms with E-state index < -0.39 is 21.4 Å². The highest BCUT2D eigenvalue weighted by molar-refractivity contribution is 9.10. The van der Waals surface area contributed by atoms with Gasteiger partial charge in [-0.25, -0.2) is 13.1 Å². The van der Waals surface area contributed by atoms with Gasteiger partial charge in [0.25, 0.3) is 10.0 Å². The number of carboxylic acid groups (broad SMARTS) is 1. The number of aliphatic carboxylic acids is 1. The molecule has 2 rings (SSSR count). The summed E-state index contributed by atoms with van der Waals surface area (Å²) in [7, 11) is -3.67. The molecule has 5 nitrogen and oxygen atoms in total. The molecule has 0 atom stereocenters. The third kappa shape index (κ3) is 3.85. The molecule has 0 aromatic carbocycles. The van der Waals surface area contributed by atoms with E-state index in [1.807, 2.05) is 0 Å². The maximum Gasteiger partial charge on any atom is 0.310 e. The van der Waals surface area contributed by atoms with Gasteiger partial charge in [0.15, 0.2) is 0 Å². The molecule has 0 unspecified atom stereocenters. The molecule has 1 aromatic heterocycles. The Bertz CT molecular complexity index is 603. The number of thiophene rings is 1. The first-order valence-corrected chi connectivity index (χ1v) is 9.99. The van der Waals surface area contributed by atoms with Gasteiger partial charge in [-0.1, -0.05) is 25.7 Å². The number of hydrogen-bond donors (Lipinski definition) is 2. The van der Waals surface area contributed by atoms with E-state index in [-0.39, 0.29) is 10.8 Å². The van der Waals surface area contributed by atoms with Gasteiger partial charge in [0, 0.05) is 11.0 Å². The summed E-state index contributed by atoms with van der Waals surface area (Å²) in [4.78, 5) is 11.7. The summed E-state index contributed by atoms with van der Waals surface area (Å²) in [6, 6.07) is 1.66. The molecule has 8 heteroatoms. The zero-order valence-corrected chi connectivity index (χ0v) is 14.7. The third-order valence-corrected chi connectivity index (χ3v) is 8.01. The number of rotatable bonds is 5. The van der Waals surface area contributed by atoms with Crippen LogP contribution in [0.4, 0.5) is 0 Å². The van der Waals surface area contributed by atoms with Crippen molar-refractivity contribution in [3.63, 3.8) is 0 Å². The Hall–Kier alpha value is -0.440. The van der Waals surface area contributed by atoms with E-state index in [1.54, 1.807) is 11.4 Å². The molecule has 0 bridgehead atoms. The van der Waals surface area contributed by atoms with Crippen LogP contribution in [-0.4, -0.2) is 26.0 Å². The molecule has 118 valence electrons. The van der Waals surface area contributed by atoms with Crippen LogP contribution < -0.4 is 4.72 Å². The Labute approximate surface area is 136 Å². The Morgan fingerprint density at radius 2 is 1.95 bits per heavy atom. The minimum atomic E-state index is -3.67. The van der Waals surface area contributed by atoms with Gasteiger partial charge in [0.2, 0.25) is 0 Å². The molecule has 1 aliphatic carbocycles. The molecule has 0 spiro atoms. The second kappa shape index (κ2) is 6.76. The van der Waals surface area contributed by atoms with Crippen LogP contribution in [0.2, 0.25) is 0 Å². The standard InChI is InChI=1S/C13H18BrNO4S2/c14-10-5-8-20-11(10)21(18,19)15-9-13(12(16)17)6-3-1-2-4-7-13/h5,8,15H,1-4,6-7,9H2,(H,16,17).